The van der Waals surface area contributed by atoms with Gasteiger partial charge in [0.15, 0.2) is 5.69 Å². The normalized spacial score (nSPS) is 26.9. The third-order valence-corrected chi connectivity index (χ3v) is 3.77. The van der Waals surface area contributed by atoms with Crippen LogP contribution in [0.2, 0.25) is 0 Å². The van der Waals surface area contributed by atoms with Crippen LogP contribution in [0.4, 0.5) is 0 Å². The number of nitrogens with one attached hydrogen (secondary N) is 1. The molecule has 1 fully saturated rings. The van der Waals surface area contributed by atoms with Crippen LogP contribution in [0.15, 0.2) is 18.3 Å². The van der Waals surface area contributed by atoms with E-state index < -0.39 is 11.4 Å². The first-order valence-electron chi connectivity index (χ1n) is 6.64. The number of carbonyl (C=O) groups is 1. The molecule has 1 aliphatic rings. The highest BCUT2D eigenvalue weighted by molar-refractivity contribution is 5.95. The summed E-state index contributed by atoms with van der Waals surface area (Å²) in [6.45, 7) is 2.03. The SMILES string of the molecule is CC1CCCC(CO)(NC(=O)c2ncccc2O)C1. The van der Waals surface area contributed by atoms with Crippen molar-refractivity contribution in [3.63, 3.8) is 0 Å². The van der Waals surface area contributed by atoms with Crippen molar-refractivity contribution >= 4 is 5.91 Å². The maximum Gasteiger partial charge on any atom is 0.274 e. The van der Waals surface area contributed by atoms with Crippen molar-refractivity contribution in [1.29, 1.82) is 0 Å². The van der Waals surface area contributed by atoms with Gasteiger partial charge in [-0.1, -0.05) is 19.8 Å². The lowest BCUT2D eigenvalue weighted by molar-refractivity contribution is 0.0690. The summed E-state index contributed by atoms with van der Waals surface area (Å²) in [4.78, 5) is 16.0. The lowest BCUT2D eigenvalue weighted by atomic mass is 9.77. The Balaban J connectivity index is 2.14. The number of amides is 1. The zero-order valence-electron chi connectivity index (χ0n) is 11.1. The number of hydrogen-bond acceptors (Lipinski definition) is 4. The van der Waals surface area contributed by atoms with E-state index in [0.29, 0.717) is 5.92 Å². The summed E-state index contributed by atoms with van der Waals surface area (Å²) in [5.41, 5.74) is -0.577. The summed E-state index contributed by atoms with van der Waals surface area (Å²) < 4.78 is 0. The molecule has 1 aromatic heterocycles. The van der Waals surface area contributed by atoms with Crippen molar-refractivity contribution in [2.75, 3.05) is 6.61 Å². The summed E-state index contributed by atoms with van der Waals surface area (Å²) in [6.07, 6.45) is 5.07. The van der Waals surface area contributed by atoms with E-state index in [9.17, 15) is 15.0 Å². The molecule has 5 heteroatoms. The van der Waals surface area contributed by atoms with Gasteiger partial charge in [0.2, 0.25) is 0 Å². The van der Waals surface area contributed by atoms with Crippen molar-refractivity contribution in [2.45, 2.75) is 38.1 Å². The average molecular weight is 264 g/mol. The van der Waals surface area contributed by atoms with E-state index >= 15 is 0 Å². The fraction of sp³-hybridized carbons (Fsp3) is 0.571. The van der Waals surface area contributed by atoms with Crippen LogP contribution in [-0.2, 0) is 0 Å². The summed E-state index contributed by atoms with van der Waals surface area (Å²) >= 11 is 0. The average Bonchev–Trinajstić information content (AvgIpc) is 2.39. The molecule has 2 unspecified atom stereocenters. The fourth-order valence-electron chi connectivity index (χ4n) is 2.83. The van der Waals surface area contributed by atoms with E-state index in [2.05, 4.69) is 17.2 Å². The van der Waals surface area contributed by atoms with Crippen LogP contribution in [0.5, 0.6) is 5.75 Å². The van der Waals surface area contributed by atoms with Crippen molar-refractivity contribution in [3.05, 3.63) is 24.0 Å². The van der Waals surface area contributed by atoms with Gasteiger partial charge in [0.25, 0.3) is 5.91 Å². The summed E-state index contributed by atoms with van der Waals surface area (Å²) in [5, 5.41) is 22.1. The third kappa shape index (κ3) is 3.04. The molecule has 0 bridgehead atoms. The molecule has 1 aliphatic carbocycles. The molecule has 104 valence electrons. The number of nitrogens with zero attached hydrogens (tertiary/aromatic N) is 1. The second-order valence-corrected chi connectivity index (χ2v) is 5.47. The molecule has 1 saturated carbocycles. The van der Waals surface area contributed by atoms with E-state index in [1.165, 1.54) is 12.3 Å². The van der Waals surface area contributed by atoms with Gasteiger partial charge in [-0.25, -0.2) is 4.98 Å². The number of aromatic hydroxyl groups is 1. The van der Waals surface area contributed by atoms with Gasteiger partial charge >= 0.3 is 0 Å². The molecule has 2 rings (SSSR count). The van der Waals surface area contributed by atoms with Gasteiger partial charge in [0.1, 0.15) is 5.75 Å². The maximum atomic E-state index is 12.2. The first kappa shape index (κ1) is 13.8. The van der Waals surface area contributed by atoms with Gasteiger partial charge < -0.3 is 15.5 Å². The molecule has 19 heavy (non-hydrogen) atoms. The molecule has 0 saturated heterocycles. The van der Waals surface area contributed by atoms with Crippen molar-refractivity contribution in [2.24, 2.45) is 5.92 Å². The van der Waals surface area contributed by atoms with Crippen molar-refractivity contribution < 1.29 is 15.0 Å². The molecule has 2 atom stereocenters. The molecule has 0 spiro atoms. The minimum Gasteiger partial charge on any atom is -0.505 e. The van der Waals surface area contributed by atoms with Gasteiger partial charge in [0, 0.05) is 6.20 Å². The summed E-state index contributed by atoms with van der Waals surface area (Å²) in [7, 11) is 0. The Morgan fingerprint density at radius 2 is 2.42 bits per heavy atom. The Morgan fingerprint density at radius 3 is 3.05 bits per heavy atom. The lowest BCUT2D eigenvalue weighted by Crippen LogP contribution is -2.54. The van der Waals surface area contributed by atoms with Gasteiger partial charge in [-0.15, -0.1) is 0 Å². The quantitative estimate of drug-likeness (QED) is 0.772. The Morgan fingerprint density at radius 1 is 1.63 bits per heavy atom. The molecule has 0 aromatic carbocycles. The van der Waals surface area contributed by atoms with Crippen LogP contribution in [0.3, 0.4) is 0 Å². The molecule has 0 aliphatic heterocycles. The highest BCUT2D eigenvalue weighted by Gasteiger charge is 2.36. The standard InChI is InChI=1S/C14H20N2O3/c1-10-4-2-6-14(8-10,9-17)16-13(19)12-11(18)5-3-7-15-12/h3,5,7,10,17-18H,2,4,6,8-9H2,1H3,(H,16,19). The number of aliphatic hydroxyl groups is 1. The molecule has 1 aromatic rings. The Labute approximate surface area is 112 Å². The largest absolute Gasteiger partial charge is 0.505 e. The van der Waals surface area contributed by atoms with E-state index in [4.69, 9.17) is 0 Å². The number of aromatic nitrogens is 1. The number of pyridine rings is 1. The number of carbonyl (C=O) groups excluding carboxylic acids is 1. The van der Waals surface area contributed by atoms with Crippen LogP contribution in [0.25, 0.3) is 0 Å². The number of rotatable bonds is 3. The smallest absolute Gasteiger partial charge is 0.274 e. The topological polar surface area (TPSA) is 82.5 Å². The molecule has 0 radical (unpaired) electrons. The second-order valence-electron chi connectivity index (χ2n) is 5.47. The van der Waals surface area contributed by atoms with Crippen LogP contribution in [0, 0.1) is 5.92 Å². The minimum absolute atomic E-state index is 0.00792. The van der Waals surface area contributed by atoms with E-state index in [-0.39, 0.29) is 18.1 Å². The fourth-order valence-corrected chi connectivity index (χ4v) is 2.83. The molecule has 1 amide bonds. The molecule has 5 nitrogen and oxygen atoms in total. The predicted octanol–water partition coefficient (Wildman–Crippen LogP) is 1.46. The Bertz CT molecular complexity index is 464. The van der Waals surface area contributed by atoms with E-state index in [0.717, 1.165) is 25.7 Å². The van der Waals surface area contributed by atoms with Crippen molar-refractivity contribution in [1.82, 2.24) is 10.3 Å². The highest BCUT2D eigenvalue weighted by atomic mass is 16.3. The van der Waals surface area contributed by atoms with Crippen LogP contribution < -0.4 is 5.32 Å². The zero-order chi connectivity index (χ0) is 13.9. The summed E-state index contributed by atoms with van der Waals surface area (Å²) in [6, 6.07) is 2.99. The molecular weight excluding hydrogens is 244 g/mol. The van der Waals surface area contributed by atoms with E-state index in [1.54, 1.807) is 6.07 Å². The number of hydrogen-bond donors (Lipinski definition) is 3. The zero-order valence-corrected chi connectivity index (χ0v) is 11.1. The lowest BCUT2D eigenvalue weighted by Gasteiger charge is -2.39. The van der Waals surface area contributed by atoms with Gasteiger partial charge in [0.05, 0.1) is 12.1 Å². The van der Waals surface area contributed by atoms with Gasteiger partial charge in [-0.05, 0) is 30.9 Å². The summed E-state index contributed by atoms with van der Waals surface area (Å²) in [5.74, 6) is -0.100. The highest BCUT2D eigenvalue weighted by Crippen LogP contribution is 2.32. The van der Waals surface area contributed by atoms with Gasteiger partial charge in [-0.3, -0.25) is 4.79 Å². The predicted molar refractivity (Wildman–Crippen MR) is 70.8 cm³/mol. The molecular formula is C14H20N2O3. The molecule has 1 heterocycles. The van der Waals surface area contributed by atoms with E-state index in [1.807, 2.05) is 0 Å². The minimum atomic E-state index is -0.585. The first-order valence-corrected chi connectivity index (χ1v) is 6.64. The monoisotopic (exact) mass is 264 g/mol. The Kier molecular flexibility index (Phi) is 4.04. The Hall–Kier alpha value is -1.62. The van der Waals surface area contributed by atoms with Crippen LogP contribution in [-0.4, -0.2) is 33.3 Å². The second kappa shape index (κ2) is 5.57. The van der Waals surface area contributed by atoms with Crippen molar-refractivity contribution in [3.8, 4) is 5.75 Å². The maximum absolute atomic E-state index is 12.2. The third-order valence-electron chi connectivity index (χ3n) is 3.77. The van der Waals surface area contributed by atoms with Crippen LogP contribution >= 0.6 is 0 Å². The van der Waals surface area contributed by atoms with Crippen LogP contribution in [0.1, 0.15) is 43.1 Å². The van der Waals surface area contributed by atoms with Gasteiger partial charge in [-0.2, -0.15) is 0 Å². The number of aliphatic hydroxyl groups excluding tert-OH is 1. The molecule has 3 N–H and O–H groups in total. The first-order chi connectivity index (χ1) is 9.06.